The fraction of sp³-hybridized carbons (Fsp3) is 0.448. The van der Waals surface area contributed by atoms with Crippen molar-refractivity contribution in [3.05, 3.63) is 75.8 Å². The van der Waals surface area contributed by atoms with Crippen LogP contribution in [0.5, 0.6) is 0 Å². The second-order valence-corrected chi connectivity index (χ2v) is 12.1. The molecule has 1 amide bonds. The van der Waals surface area contributed by atoms with E-state index in [1.165, 1.54) is 17.4 Å². The lowest BCUT2D eigenvalue weighted by Gasteiger charge is -2.43. The average Bonchev–Trinajstić information content (AvgIpc) is 3.69. The minimum absolute atomic E-state index is 0.0105. The normalized spacial score (nSPS) is 17.6. The van der Waals surface area contributed by atoms with Crippen LogP contribution >= 0.6 is 11.3 Å². The Kier molecular flexibility index (Phi) is 7.46. The fourth-order valence-electron chi connectivity index (χ4n) is 6.06. The van der Waals surface area contributed by atoms with E-state index >= 15 is 0 Å². The van der Waals surface area contributed by atoms with Crippen molar-refractivity contribution < 1.29 is 18.0 Å². The molecule has 9 nitrogen and oxygen atoms in total. The lowest BCUT2D eigenvalue weighted by Crippen LogP contribution is -2.55. The van der Waals surface area contributed by atoms with Crippen LogP contribution in [-0.2, 0) is 37.0 Å². The first kappa shape index (κ1) is 28.3. The summed E-state index contributed by atoms with van der Waals surface area (Å²) in [6, 6.07) is 6.53. The molecule has 0 bridgehead atoms. The summed E-state index contributed by atoms with van der Waals surface area (Å²) < 4.78 is 45.7. The van der Waals surface area contributed by atoms with Crippen LogP contribution in [0.3, 0.4) is 0 Å². The van der Waals surface area contributed by atoms with Crippen LogP contribution in [0.1, 0.15) is 39.9 Å². The highest BCUT2D eigenvalue weighted by atomic mass is 32.1. The highest BCUT2D eigenvalue weighted by molar-refractivity contribution is 7.15. The molecule has 1 saturated heterocycles. The van der Waals surface area contributed by atoms with E-state index in [0.29, 0.717) is 50.4 Å². The maximum Gasteiger partial charge on any atom is 0.416 e. The molecule has 13 heteroatoms. The van der Waals surface area contributed by atoms with Crippen LogP contribution < -0.4 is 9.80 Å². The molecule has 0 saturated carbocycles. The van der Waals surface area contributed by atoms with Crippen LogP contribution in [0.4, 0.5) is 24.0 Å². The molecular weight excluding hydrogens is 565 g/mol. The number of nitrogens with zero attached hydrogens (tertiary/aromatic N) is 8. The van der Waals surface area contributed by atoms with Gasteiger partial charge in [0.15, 0.2) is 5.13 Å². The molecule has 0 spiro atoms. The molecule has 0 N–H and O–H groups in total. The van der Waals surface area contributed by atoms with Crippen LogP contribution in [0, 0.1) is 13.8 Å². The SMILES string of the molecule is Cc1cc(C)n(CC(=O)N2CCN(c3ccc(C(F)(F)F)c4c3CN(c3ncc(Cn5cccn5)s3)CC4)C[C@H]2C)n1. The van der Waals surface area contributed by atoms with E-state index in [1.54, 1.807) is 16.9 Å². The van der Waals surface area contributed by atoms with Gasteiger partial charge in [-0.1, -0.05) is 11.3 Å². The van der Waals surface area contributed by atoms with Crippen LogP contribution in [-0.4, -0.2) is 67.6 Å². The van der Waals surface area contributed by atoms with Crippen LogP contribution in [0.2, 0.25) is 0 Å². The summed E-state index contributed by atoms with van der Waals surface area (Å²) >= 11 is 1.54. The Morgan fingerprint density at radius 3 is 2.64 bits per heavy atom. The standard InChI is InChI=1S/C29H33F3N8OS/c1-19-13-20(2)40(35-19)18-27(41)39-12-11-36(15-21(39)3)26-6-5-25(29(30,31)32)23-7-10-37(17-24(23)26)28-33-14-22(42-28)16-38-9-4-8-34-38/h4-6,8-9,13-14,21H,7,10-12,15-18H2,1-3H3/t21-/m1/s1. The van der Waals surface area contributed by atoms with Crippen LogP contribution in [0.15, 0.2) is 42.9 Å². The number of piperazine rings is 1. The lowest BCUT2D eigenvalue weighted by molar-refractivity contribution is -0.138. The van der Waals surface area contributed by atoms with Gasteiger partial charge in [0, 0.05) is 73.6 Å². The molecule has 4 aromatic rings. The van der Waals surface area contributed by atoms with Gasteiger partial charge in [0.05, 0.1) is 17.8 Å². The molecule has 5 heterocycles. The Balaban J connectivity index is 1.22. The maximum absolute atomic E-state index is 14.1. The summed E-state index contributed by atoms with van der Waals surface area (Å²) in [5, 5.41) is 9.45. The second-order valence-electron chi connectivity index (χ2n) is 11.0. The number of aryl methyl sites for hydroxylation is 2. The number of anilines is 2. The maximum atomic E-state index is 14.1. The second kappa shape index (κ2) is 11.1. The predicted molar refractivity (Wildman–Crippen MR) is 155 cm³/mol. The Hall–Kier alpha value is -3.87. The van der Waals surface area contributed by atoms with E-state index in [0.717, 1.165) is 27.1 Å². The Labute approximate surface area is 246 Å². The summed E-state index contributed by atoms with van der Waals surface area (Å²) in [7, 11) is 0. The highest BCUT2D eigenvalue weighted by Gasteiger charge is 2.38. The molecule has 0 radical (unpaired) electrons. The van der Waals surface area contributed by atoms with Crippen molar-refractivity contribution >= 4 is 28.1 Å². The number of hydrogen-bond donors (Lipinski definition) is 0. The van der Waals surface area contributed by atoms with Gasteiger partial charge in [-0.3, -0.25) is 14.2 Å². The number of thiazole rings is 1. The van der Waals surface area contributed by atoms with E-state index in [-0.39, 0.29) is 24.9 Å². The quantitative estimate of drug-likeness (QED) is 0.325. The van der Waals surface area contributed by atoms with Gasteiger partial charge in [-0.2, -0.15) is 23.4 Å². The molecule has 1 atom stereocenters. The fourth-order valence-corrected chi connectivity index (χ4v) is 6.98. The average molecular weight is 599 g/mol. The highest BCUT2D eigenvalue weighted by Crippen LogP contribution is 2.41. The number of fused-ring (bicyclic) bond motifs is 1. The van der Waals surface area contributed by atoms with Gasteiger partial charge in [0.1, 0.15) is 6.54 Å². The van der Waals surface area contributed by atoms with Crippen molar-refractivity contribution in [2.45, 2.75) is 59.0 Å². The third-order valence-electron chi connectivity index (χ3n) is 8.06. The number of aromatic nitrogens is 5. The zero-order valence-electron chi connectivity index (χ0n) is 23.8. The van der Waals surface area contributed by atoms with E-state index < -0.39 is 11.7 Å². The number of carbonyl (C=O) groups is 1. The van der Waals surface area contributed by atoms with E-state index in [4.69, 9.17) is 0 Å². The summed E-state index contributed by atoms with van der Waals surface area (Å²) in [5.74, 6) is -0.0105. The van der Waals surface area contributed by atoms with Gasteiger partial charge in [0.25, 0.3) is 0 Å². The number of carbonyl (C=O) groups excluding carboxylic acids is 1. The number of amides is 1. The lowest BCUT2D eigenvalue weighted by atomic mass is 9.91. The molecule has 6 rings (SSSR count). The zero-order valence-corrected chi connectivity index (χ0v) is 24.6. The minimum Gasteiger partial charge on any atom is -0.367 e. The van der Waals surface area contributed by atoms with Crippen molar-refractivity contribution in [1.82, 2.24) is 29.4 Å². The van der Waals surface area contributed by atoms with Crippen molar-refractivity contribution in [3.63, 3.8) is 0 Å². The number of hydrogen-bond acceptors (Lipinski definition) is 7. The molecule has 0 aliphatic carbocycles. The minimum atomic E-state index is -4.43. The Bertz CT molecular complexity index is 1580. The molecule has 3 aromatic heterocycles. The molecule has 1 aromatic carbocycles. The molecule has 2 aliphatic heterocycles. The predicted octanol–water partition coefficient (Wildman–Crippen LogP) is 4.52. The first-order valence-corrected chi connectivity index (χ1v) is 14.8. The third-order valence-corrected chi connectivity index (χ3v) is 9.10. The molecular formula is C29H33F3N8OS. The Morgan fingerprint density at radius 2 is 1.95 bits per heavy atom. The van der Waals surface area contributed by atoms with Gasteiger partial charge in [-0.25, -0.2) is 4.98 Å². The van der Waals surface area contributed by atoms with Gasteiger partial charge < -0.3 is 14.7 Å². The Morgan fingerprint density at radius 1 is 1.12 bits per heavy atom. The summed E-state index contributed by atoms with van der Waals surface area (Å²) in [5.41, 5.74) is 3.09. The number of benzene rings is 1. The van der Waals surface area contributed by atoms with Crippen molar-refractivity contribution in [2.75, 3.05) is 36.0 Å². The monoisotopic (exact) mass is 598 g/mol. The molecule has 0 unspecified atom stereocenters. The zero-order chi connectivity index (χ0) is 29.6. The number of rotatable bonds is 6. The van der Waals surface area contributed by atoms with Crippen molar-refractivity contribution in [2.24, 2.45) is 0 Å². The summed E-state index contributed by atoms with van der Waals surface area (Å²) in [6.07, 6.45) is 1.28. The summed E-state index contributed by atoms with van der Waals surface area (Å²) in [6.45, 7) is 8.95. The van der Waals surface area contributed by atoms with Gasteiger partial charge >= 0.3 is 6.18 Å². The first-order chi connectivity index (χ1) is 20.1. The van der Waals surface area contributed by atoms with Gasteiger partial charge in [-0.15, -0.1) is 0 Å². The smallest absolute Gasteiger partial charge is 0.367 e. The van der Waals surface area contributed by atoms with Gasteiger partial charge in [-0.05, 0) is 62.6 Å². The first-order valence-electron chi connectivity index (χ1n) is 14.0. The van der Waals surface area contributed by atoms with Crippen LogP contribution in [0.25, 0.3) is 0 Å². The topological polar surface area (TPSA) is 75.3 Å². The van der Waals surface area contributed by atoms with Crippen molar-refractivity contribution in [1.29, 1.82) is 0 Å². The van der Waals surface area contributed by atoms with Crippen molar-refractivity contribution in [3.8, 4) is 0 Å². The summed E-state index contributed by atoms with van der Waals surface area (Å²) in [4.78, 5) is 24.9. The number of alkyl halides is 3. The van der Waals surface area contributed by atoms with E-state index in [9.17, 15) is 18.0 Å². The van der Waals surface area contributed by atoms with E-state index in [1.807, 2.05) is 54.9 Å². The molecule has 42 heavy (non-hydrogen) atoms. The van der Waals surface area contributed by atoms with E-state index in [2.05, 4.69) is 25.0 Å². The van der Waals surface area contributed by atoms with Gasteiger partial charge in [0.2, 0.25) is 5.91 Å². The third kappa shape index (κ3) is 5.61. The molecule has 222 valence electrons. The molecule has 1 fully saturated rings. The number of halogens is 3. The largest absolute Gasteiger partial charge is 0.416 e. The molecule has 2 aliphatic rings.